The molecule has 1 aliphatic rings. The van der Waals surface area contributed by atoms with Gasteiger partial charge in [0.2, 0.25) is 0 Å². The summed E-state index contributed by atoms with van der Waals surface area (Å²) in [6, 6.07) is 2.25. The minimum atomic E-state index is 0.649. The quantitative estimate of drug-likeness (QED) is 0.595. The van der Waals surface area contributed by atoms with Crippen molar-refractivity contribution in [3.05, 3.63) is 12.7 Å². The zero-order chi connectivity index (χ0) is 8.81. The fourth-order valence-corrected chi connectivity index (χ4v) is 1.68. The Bertz CT molecular complexity index is 173. The van der Waals surface area contributed by atoms with Gasteiger partial charge in [0.05, 0.1) is 6.07 Å². The Morgan fingerprint density at radius 2 is 2.17 bits per heavy atom. The van der Waals surface area contributed by atoms with E-state index in [-0.39, 0.29) is 0 Å². The Balaban J connectivity index is 2.21. The van der Waals surface area contributed by atoms with E-state index >= 15 is 0 Å². The molecule has 0 aromatic carbocycles. The summed E-state index contributed by atoms with van der Waals surface area (Å²) in [5.74, 6) is 0.649. The summed E-state index contributed by atoms with van der Waals surface area (Å²) in [7, 11) is 0. The molecule has 66 valence electrons. The van der Waals surface area contributed by atoms with Gasteiger partial charge in [0, 0.05) is 13.0 Å². The third-order valence-electron chi connectivity index (χ3n) is 2.47. The lowest BCUT2D eigenvalue weighted by molar-refractivity contribution is 0.203. The van der Waals surface area contributed by atoms with Crippen LogP contribution in [0.25, 0.3) is 0 Å². The average molecular weight is 164 g/mol. The van der Waals surface area contributed by atoms with Crippen molar-refractivity contribution in [1.29, 1.82) is 5.26 Å². The molecule has 0 aliphatic carbocycles. The smallest absolute Gasteiger partial charge is 0.0624 e. The normalized spacial score (nSPS) is 20.2. The van der Waals surface area contributed by atoms with Crippen LogP contribution in [0.15, 0.2) is 12.7 Å². The molecule has 0 unspecified atom stereocenters. The second-order valence-corrected chi connectivity index (χ2v) is 3.39. The summed E-state index contributed by atoms with van der Waals surface area (Å²) in [5.41, 5.74) is 0. The van der Waals surface area contributed by atoms with Gasteiger partial charge in [-0.3, -0.25) is 4.90 Å². The molecule has 0 aromatic heterocycles. The summed E-state index contributed by atoms with van der Waals surface area (Å²) in [6.07, 6.45) is 5.05. The first-order valence-corrected chi connectivity index (χ1v) is 4.57. The molecule has 1 rings (SSSR count). The Morgan fingerprint density at radius 3 is 2.67 bits per heavy atom. The third kappa shape index (κ3) is 2.67. The van der Waals surface area contributed by atoms with E-state index < -0.39 is 0 Å². The zero-order valence-electron chi connectivity index (χ0n) is 7.50. The van der Waals surface area contributed by atoms with E-state index in [1.165, 1.54) is 12.8 Å². The van der Waals surface area contributed by atoms with Gasteiger partial charge in [0.1, 0.15) is 0 Å². The summed E-state index contributed by atoms with van der Waals surface area (Å²) < 4.78 is 0. The highest BCUT2D eigenvalue weighted by Crippen LogP contribution is 2.19. The van der Waals surface area contributed by atoms with E-state index in [9.17, 15) is 0 Å². The standard InChI is InChI=1S/C10H16N2/c1-2-7-12-8-4-10(3-6-11)5-9-12/h2,10H,1,3-5,7-9H2. The molecule has 0 bridgehead atoms. The Hall–Kier alpha value is -0.810. The molecular formula is C10H16N2. The van der Waals surface area contributed by atoms with Crippen molar-refractivity contribution in [2.24, 2.45) is 5.92 Å². The van der Waals surface area contributed by atoms with Crippen LogP contribution in [-0.2, 0) is 0 Å². The first-order chi connectivity index (χ1) is 5.86. The molecule has 1 fully saturated rings. The molecule has 0 aromatic rings. The molecule has 1 aliphatic heterocycles. The van der Waals surface area contributed by atoms with Gasteiger partial charge in [0.15, 0.2) is 0 Å². The number of piperidine rings is 1. The van der Waals surface area contributed by atoms with Crippen LogP contribution in [0.5, 0.6) is 0 Å². The van der Waals surface area contributed by atoms with Crippen LogP contribution >= 0.6 is 0 Å². The maximum absolute atomic E-state index is 8.51. The fourth-order valence-electron chi connectivity index (χ4n) is 1.68. The Morgan fingerprint density at radius 1 is 1.50 bits per heavy atom. The van der Waals surface area contributed by atoms with E-state index in [1.807, 2.05) is 6.08 Å². The summed E-state index contributed by atoms with van der Waals surface area (Å²) in [4.78, 5) is 2.39. The Labute approximate surface area is 74.5 Å². The van der Waals surface area contributed by atoms with Crippen LogP contribution in [0.2, 0.25) is 0 Å². The van der Waals surface area contributed by atoms with Crippen molar-refractivity contribution < 1.29 is 0 Å². The summed E-state index contributed by atoms with van der Waals surface area (Å²) in [5, 5.41) is 8.51. The highest BCUT2D eigenvalue weighted by Gasteiger charge is 2.17. The Kier molecular flexibility index (Phi) is 3.83. The van der Waals surface area contributed by atoms with Gasteiger partial charge >= 0.3 is 0 Å². The largest absolute Gasteiger partial charge is 0.300 e. The average Bonchev–Trinajstić information content (AvgIpc) is 2.09. The minimum absolute atomic E-state index is 0.649. The van der Waals surface area contributed by atoms with Crippen LogP contribution in [0, 0.1) is 17.2 Å². The van der Waals surface area contributed by atoms with E-state index in [0.717, 1.165) is 26.1 Å². The number of rotatable bonds is 3. The molecule has 2 heteroatoms. The van der Waals surface area contributed by atoms with Gasteiger partial charge in [0.25, 0.3) is 0 Å². The first kappa shape index (κ1) is 9.28. The van der Waals surface area contributed by atoms with Gasteiger partial charge < -0.3 is 0 Å². The van der Waals surface area contributed by atoms with Crippen LogP contribution in [0.1, 0.15) is 19.3 Å². The molecule has 1 heterocycles. The monoisotopic (exact) mass is 164 g/mol. The van der Waals surface area contributed by atoms with Crippen molar-refractivity contribution in [2.75, 3.05) is 19.6 Å². The number of hydrogen-bond donors (Lipinski definition) is 0. The van der Waals surface area contributed by atoms with E-state index in [0.29, 0.717) is 5.92 Å². The van der Waals surface area contributed by atoms with Gasteiger partial charge in [-0.2, -0.15) is 5.26 Å². The minimum Gasteiger partial charge on any atom is -0.300 e. The van der Waals surface area contributed by atoms with E-state index in [4.69, 9.17) is 5.26 Å². The van der Waals surface area contributed by atoms with E-state index in [2.05, 4.69) is 17.5 Å². The number of nitrogens with zero attached hydrogens (tertiary/aromatic N) is 2. The predicted octanol–water partition coefficient (Wildman–Crippen LogP) is 1.80. The van der Waals surface area contributed by atoms with Gasteiger partial charge in [-0.25, -0.2) is 0 Å². The molecule has 0 N–H and O–H groups in total. The van der Waals surface area contributed by atoms with Crippen molar-refractivity contribution in [3.63, 3.8) is 0 Å². The summed E-state index contributed by atoms with van der Waals surface area (Å²) >= 11 is 0. The maximum Gasteiger partial charge on any atom is 0.0624 e. The SMILES string of the molecule is C=CCN1CCC(CC#N)CC1. The highest BCUT2D eigenvalue weighted by atomic mass is 15.1. The van der Waals surface area contributed by atoms with Gasteiger partial charge in [-0.1, -0.05) is 6.08 Å². The highest BCUT2D eigenvalue weighted by molar-refractivity contribution is 4.83. The van der Waals surface area contributed by atoms with Crippen molar-refractivity contribution in [2.45, 2.75) is 19.3 Å². The number of nitriles is 1. The lowest BCUT2D eigenvalue weighted by Gasteiger charge is -2.29. The number of hydrogen-bond acceptors (Lipinski definition) is 2. The predicted molar refractivity (Wildman–Crippen MR) is 49.6 cm³/mol. The zero-order valence-corrected chi connectivity index (χ0v) is 7.50. The van der Waals surface area contributed by atoms with E-state index in [1.54, 1.807) is 0 Å². The van der Waals surface area contributed by atoms with Crippen LogP contribution in [0.4, 0.5) is 0 Å². The van der Waals surface area contributed by atoms with Crippen LogP contribution < -0.4 is 0 Å². The maximum atomic E-state index is 8.51. The molecule has 1 saturated heterocycles. The molecule has 0 saturated carbocycles. The van der Waals surface area contributed by atoms with Crippen LogP contribution in [-0.4, -0.2) is 24.5 Å². The molecular weight excluding hydrogens is 148 g/mol. The first-order valence-electron chi connectivity index (χ1n) is 4.57. The third-order valence-corrected chi connectivity index (χ3v) is 2.47. The van der Waals surface area contributed by atoms with Crippen molar-refractivity contribution >= 4 is 0 Å². The molecule has 2 nitrogen and oxygen atoms in total. The fraction of sp³-hybridized carbons (Fsp3) is 0.700. The lowest BCUT2D eigenvalue weighted by Crippen LogP contribution is -2.33. The molecule has 0 spiro atoms. The van der Waals surface area contributed by atoms with Gasteiger partial charge in [-0.15, -0.1) is 6.58 Å². The van der Waals surface area contributed by atoms with Gasteiger partial charge in [-0.05, 0) is 31.8 Å². The molecule has 12 heavy (non-hydrogen) atoms. The second kappa shape index (κ2) is 4.95. The second-order valence-electron chi connectivity index (χ2n) is 3.39. The lowest BCUT2D eigenvalue weighted by atomic mass is 9.94. The van der Waals surface area contributed by atoms with Crippen LogP contribution in [0.3, 0.4) is 0 Å². The van der Waals surface area contributed by atoms with Crippen molar-refractivity contribution in [3.8, 4) is 6.07 Å². The topological polar surface area (TPSA) is 27.0 Å². The summed E-state index contributed by atoms with van der Waals surface area (Å²) in [6.45, 7) is 6.99. The molecule has 0 atom stereocenters. The van der Waals surface area contributed by atoms with Crippen molar-refractivity contribution in [1.82, 2.24) is 4.90 Å². The molecule has 0 amide bonds. The number of likely N-dealkylation sites (tertiary alicyclic amines) is 1. The molecule has 0 radical (unpaired) electrons.